The summed E-state index contributed by atoms with van der Waals surface area (Å²) in [6.07, 6.45) is 0.926. The third-order valence-electron chi connectivity index (χ3n) is 3.57. The van der Waals surface area contributed by atoms with Gasteiger partial charge in [0.05, 0.1) is 0 Å². The van der Waals surface area contributed by atoms with Gasteiger partial charge >= 0.3 is 0 Å². The van der Waals surface area contributed by atoms with Crippen LogP contribution in [0.2, 0.25) is 0 Å². The quantitative estimate of drug-likeness (QED) is 0.678. The lowest BCUT2D eigenvalue weighted by Crippen LogP contribution is -2.11. The smallest absolute Gasteiger partial charge is 0.252 e. The number of aliphatic hydroxyl groups excluding tert-OH is 1. The van der Waals surface area contributed by atoms with E-state index in [1.165, 1.54) is 11.8 Å². The molecule has 0 saturated heterocycles. The molecule has 0 amide bonds. The Hall–Kier alpha value is -2.12. The van der Waals surface area contributed by atoms with Crippen LogP contribution in [-0.2, 0) is 18.9 Å². The minimum absolute atomic E-state index is 0.0832. The lowest BCUT2D eigenvalue weighted by Gasteiger charge is -2.07. The Balaban J connectivity index is 1.85. The van der Waals surface area contributed by atoms with Crippen molar-refractivity contribution in [3.63, 3.8) is 0 Å². The summed E-state index contributed by atoms with van der Waals surface area (Å²) in [7, 11) is 0. The summed E-state index contributed by atoms with van der Waals surface area (Å²) in [4.78, 5) is 15.1. The fourth-order valence-corrected chi connectivity index (χ4v) is 3.38. The lowest BCUT2D eigenvalue weighted by molar-refractivity contribution is 0.263. The number of H-pyrrole nitrogens is 1. The van der Waals surface area contributed by atoms with Gasteiger partial charge in [0, 0.05) is 23.4 Å². The molecule has 3 aromatic rings. The number of hydrogen-bond acceptors (Lipinski definition) is 5. The van der Waals surface area contributed by atoms with Crippen LogP contribution in [0.1, 0.15) is 24.7 Å². The number of aliphatic hydroxyl groups is 1. The number of hydrogen-bond donors (Lipinski definition) is 2. The molecule has 0 aliphatic heterocycles. The molecule has 23 heavy (non-hydrogen) atoms. The zero-order valence-corrected chi connectivity index (χ0v) is 13.6. The van der Waals surface area contributed by atoms with Gasteiger partial charge in [0.25, 0.3) is 5.56 Å². The molecular formula is C16H18N4O2S. The van der Waals surface area contributed by atoms with Crippen LogP contribution in [0.3, 0.4) is 0 Å². The average Bonchev–Trinajstić information content (AvgIpc) is 2.95. The van der Waals surface area contributed by atoms with E-state index in [0.29, 0.717) is 17.1 Å². The van der Waals surface area contributed by atoms with Gasteiger partial charge in [-0.2, -0.15) is 0 Å². The maximum atomic E-state index is 12.2. The number of benzene rings is 1. The van der Waals surface area contributed by atoms with Crippen LogP contribution in [0.5, 0.6) is 0 Å². The molecule has 2 N–H and O–H groups in total. The number of para-hydroxylation sites is 1. The monoisotopic (exact) mass is 330 g/mol. The molecule has 0 aliphatic rings. The molecule has 0 radical (unpaired) electrons. The van der Waals surface area contributed by atoms with Gasteiger partial charge in [-0.3, -0.25) is 4.79 Å². The van der Waals surface area contributed by atoms with E-state index in [1.54, 1.807) is 0 Å². The number of nitrogens with one attached hydrogen (secondary N) is 1. The summed E-state index contributed by atoms with van der Waals surface area (Å²) in [5.74, 6) is 1.06. The van der Waals surface area contributed by atoms with Crippen LogP contribution in [0, 0.1) is 0 Å². The molecule has 0 spiro atoms. The van der Waals surface area contributed by atoms with E-state index in [2.05, 4.69) is 22.1 Å². The molecule has 0 atom stereocenters. The van der Waals surface area contributed by atoms with Gasteiger partial charge in [0.2, 0.25) is 0 Å². The van der Waals surface area contributed by atoms with Crippen molar-refractivity contribution < 1.29 is 5.11 Å². The number of rotatable bonds is 6. The highest BCUT2D eigenvalue weighted by Gasteiger charge is 2.12. The lowest BCUT2D eigenvalue weighted by atomic mass is 10.2. The standard InChI is InChI=1S/C16H18N4O2S/c1-2-7-20-14(9-21)18-19-16(20)23-10-12-8-11-5-3-4-6-13(11)17-15(12)22/h3-6,8,21H,2,7,9-10H2,1H3,(H,17,22). The third-order valence-corrected chi connectivity index (χ3v) is 4.58. The SMILES string of the molecule is CCCn1c(CO)nnc1SCc1cc2ccccc2[nH]c1=O. The van der Waals surface area contributed by atoms with Gasteiger partial charge in [0.1, 0.15) is 6.61 Å². The van der Waals surface area contributed by atoms with Crippen molar-refractivity contribution in [1.29, 1.82) is 0 Å². The molecule has 0 bridgehead atoms. The van der Waals surface area contributed by atoms with Crippen molar-refractivity contribution in [2.75, 3.05) is 0 Å². The Labute approximate surface area is 137 Å². The van der Waals surface area contributed by atoms with E-state index in [4.69, 9.17) is 0 Å². The van der Waals surface area contributed by atoms with E-state index >= 15 is 0 Å². The van der Waals surface area contributed by atoms with Crippen LogP contribution >= 0.6 is 11.8 Å². The largest absolute Gasteiger partial charge is 0.388 e. The van der Waals surface area contributed by atoms with Gasteiger partial charge in [-0.25, -0.2) is 0 Å². The van der Waals surface area contributed by atoms with Crippen molar-refractivity contribution in [3.05, 3.63) is 52.1 Å². The minimum atomic E-state index is -0.135. The van der Waals surface area contributed by atoms with Crippen molar-refractivity contribution in [2.45, 2.75) is 37.4 Å². The first-order valence-electron chi connectivity index (χ1n) is 7.49. The maximum Gasteiger partial charge on any atom is 0.252 e. The number of aromatic amines is 1. The predicted molar refractivity (Wildman–Crippen MR) is 90.4 cm³/mol. The number of thioether (sulfide) groups is 1. The van der Waals surface area contributed by atoms with E-state index in [1.807, 2.05) is 34.9 Å². The molecule has 0 saturated carbocycles. The molecule has 2 heterocycles. The van der Waals surface area contributed by atoms with Gasteiger partial charge < -0.3 is 14.7 Å². The summed E-state index contributed by atoms with van der Waals surface area (Å²) < 4.78 is 1.90. The summed E-state index contributed by atoms with van der Waals surface area (Å²) in [6, 6.07) is 9.62. The van der Waals surface area contributed by atoms with Crippen LogP contribution in [0.4, 0.5) is 0 Å². The highest BCUT2D eigenvalue weighted by Crippen LogP contribution is 2.22. The molecule has 7 heteroatoms. The van der Waals surface area contributed by atoms with Crippen LogP contribution in [-0.4, -0.2) is 24.9 Å². The normalized spacial score (nSPS) is 11.2. The molecule has 3 rings (SSSR count). The van der Waals surface area contributed by atoms with Crippen LogP contribution < -0.4 is 5.56 Å². The Bertz CT molecular complexity index is 872. The molecule has 120 valence electrons. The zero-order valence-electron chi connectivity index (χ0n) is 12.8. The highest BCUT2D eigenvalue weighted by molar-refractivity contribution is 7.98. The topological polar surface area (TPSA) is 83.8 Å². The van der Waals surface area contributed by atoms with E-state index < -0.39 is 0 Å². The van der Waals surface area contributed by atoms with E-state index in [9.17, 15) is 9.90 Å². The van der Waals surface area contributed by atoms with Crippen molar-refractivity contribution in [2.24, 2.45) is 0 Å². The van der Waals surface area contributed by atoms with Gasteiger partial charge in [-0.1, -0.05) is 36.9 Å². The fraction of sp³-hybridized carbons (Fsp3) is 0.312. The Kier molecular flexibility index (Phi) is 4.78. The molecule has 6 nitrogen and oxygen atoms in total. The highest BCUT2D eigenvalue weighted by atomic mass is 32.2. The summed E-state index contributed by atoms with van der Waals surface area (Å²) in [5.41, 5.74) is 1.45. The number of pyridine rings is 1. The predicted octanol–water partition coefficient (Wildman–Crippen LogP) is 2.31. The number of nitrogens with zero attached hydrogens (tertiary/aromatic N) is 3. The van der Waals surface area contributed by atoms with Gasteiger partial charge in [-0.05, 0) is 23.9 Å². The van der Waals surface area contributed by atoms with E-state index in [0.717, 1.165) is 29.0 Å². The molecule has 2 aromatic heterocycles. The van der Waals surface area contributed by atoms with Gasteiger partial charge in [-0.15, -0.1) is 10.2 Å². The summed E-state index contributed by atoms with van der Waals surface area (Å²) in [5, 5.41) is 19.2. The second-order valence-corrected chi connectivity index (χ2v) is 6.15. The second-order valence-electron chi connectivity index (χ2n) is 5.21. The number of fused-ring (bicyclic) bond motifs is 1. The molecule has 0 unspecified atom stereocenters. The van der Waals surface area contributed by atoms with Crippen LogP contribution in [0.25, 0.3) is 10.9 Å². The first-order valence-corrected chi connectivity index (χ1v) is 8.48. The zero-order chi connectivity index (χ0) is 16.2. The summed E-state index contributed by atoms with van der Waals surface area (Å²) in [6.45, 7) is 2.67. The van der Waals surface area contributed by atoms with E-state index in [-0.39, 0.29) is 12.2 Å². The first-order chi connectivity index (χ1) is 11.2. The minimum Gasteiger partial charge on any atom is -0.388 e. The summed E-state index contributed by atoms with van der Waals surface area (Å²) >= 11 is 1.46. The maximum absolute atomic E-state index is 12.2. The van der Waals surface area contributed by atoms with Crippen molar-refractivity contribution in [1.82, 2.24) is 19.7 Å². The third kappa shape index (κ3) is 3.30. The molecular weight excluding hydrogens is 312 g/mol. The van der Waals surface area contributed by atoms with Crippen molar-refractivity contribution in [3.8, 4) is 0 Å². The fourth-order valence-electron chi connectivity index (χ4n) is 2.43. The molecule has 1 aromatic carbocycles. The van der Waals surface area contributed by atoms with Crippen molar-refractivity contribution >= 4 is 22.7 Å². The Morgan fingerprint density at radius 1 is 1.30 bits per heavy atom. The Morgan fingerprint density at radius 3 is 2.91 bits per heavy atom. The first kappa shape index (κ1) is 15.8. The Morgan fingerprint density at radius 2 is 2.13 bits per heavy atom. The molecule has 0 aliphatic carbocycles. The number of aromatic nitrogens is 4. The van der Waals surface area contributed by atoms with Gasteiger partial charge in [0.15, 0.2) is 11.0 Å². The average molecular weight is 330 g/mol. The molecule has 0 fully saturated rings. The second kappa shape index (κ2) is 6.97. The van der Waals surface area contributed by atoms with Crippen LogP contribution in [0.15, 0.2) is 40.3 Å².